The molecule has 4 aliphatic carbocycles. The first-order valence-corrected chi connectivity index (χ1v) is 28.1. The normalized spacial score (nSPS) is 37.9. The van der Waals surface area contributed by atoms with Crippen LogP contribution in [0.3, 0.4) is 0 Å². The molecule has 0 amide bonds. The van der Waals surface area contributed by atoms with Crippen molar-refractivity contribution >= 4 is 25.0 Å². The molecular formula is C36H70O3Si3. The highest BCUT2D eigenvalue weighted by Gasteiger charge is 2.60. The minimum Gasteiger partial charge on any atom is -0.414 e. The van der Waals surface area contributed by atoms with Gasteiger partial charge in [0.25, 0.3) is 0 Å². The van der Waals surface area contributed by atoms with Gasteiger partial charge in [-0.05, 0) is 163 Å². The van der Waals surface area contributed by atoms with Crippen molar-refractivity contribution in [2.75, 3.05) is 0 Å². The fourth-order valence-electron chi connectivity index (χ4n) is 10.5. The summed E-state index contributed by atoms with van der Waals surface area (Å²) >= 11 is 0. The summed E-state index contributed by atoms with van der Waals surface area (Å²) in [5.41, 5.74) is 2.57. The van der Waals surface area contributed by atoms with Crippen molar-refractivity contribution in [3.8, 4) is 0 Å². The second kappa shape index (κ2) is 12.5. The van der Waals surface area contributed by atoms with Crippen molar-refractivity contribution < 1.29 is 13.3 Å². The van der Waals surface area contributed by atoms with Crippen LogP contribution in [0.25, 0.3) is 0 Å². The molecule has 3 saturated carbocycles. The van der Waals surface area contributed by atoms with E-state index in [9.17, 15) is 0 Å². The van der Waals surface area contributed by atoms with Gasteiger partial charge in [0.05, 0.1) is 12.2 Å². The molecule has 0 bridgehead atoms. The van der Waals surface area contributed by atoms with Crippen LogP contribution in [0.1, 0.15) is 92.4 Å². The molecule has 0 N–H and O–H groups in total. The van der Waals surface area contributed by atoms with Gasteiger partial charge >= 0.3 is 0 Å². The van der Waals surface area contributed by atoms with Crippen LogP contribution >= 0.6 is 0 Å². The molecule has 0 saturated heterocycles. The lowest BCUT2D eigenvalue weighted by atomic mass is 9.47. The third-order valence-corrected chi connectivity index (χ3v) is 14.9. The minimum absolute atomic E-state index is 0.209. The number of hydrogen-bond acceptors (Lipinski definition) is 3. The average Bonchev–Trinajstić information content (AvgIpc) is 3.16. The van der Waals surface area contributed by atoms with Gasteiger partial charge < -0.3 is 13.3 Å². The van der Waals surface area contributed by atoms with Gasteiger partial charge in [0.2, 0.25) is 0 Å². The molecule has 6 heteroatoms. The fraction of sp³-hybridized carbons (Fsp3) is 0.944. The molecule has 3 nitrogen and oxygen atoms in total. The van der Waals surface area contributed by atoms with E-state index >= 15 is 0 Å². The zero-order valence-corrected chi connectivity index (χ0v) is 33.4. The van der Waals surface area contributed by atoms with E-state index in [0.717, 1.165) is 30.1 Å². The molecule has 10 atom stereocenters. The van der Waals surface area contributed by atoms with Crippen molar-refractivity contribution in [2.24, 2.45) is 46.3 Å². The molecule has 9 unspecified atom stereocenters. The van der Waals surface area contributed by atoms with Gasteiger partial charge in [-0.2, -0.15) is 0 Å². The summed E-state index contributed by atoms with van der Waals surface area (Å²) in [4.78, 5) is 0. The standard InChI is InChI=1S/C36H70O3Si3/c1-25(2)23-33(38-41(9,10)11)34(39-42(12,13)14)26(3)30-17-18-31-29-16-15-27-24-28(37-40(6,7)8)19-21-35(27,4)32(29)20-22-36(30,31)5/h15,25-26,28-34H,16-24H2,1-14H3/t26?,28-,29?,30?,31?,32?,33?,34?,35?,36?/m0/s1. The topological polar surface area (TPSA) is 27.7 Å². The van der Waals surface area contributed by atoms with E-state index in [-0.39, 0.29) is 12.2 Å². The van der Waals surface area contributed by atoms with Crippen LogP contribution in [0.15, 0.2) is 11.6 Å². The van der Waals surface area contributed by atoms with Gasteiger partial charge in [-0.15, -0.1) is 0 Å². The van der Waals surface area contributed by atoms with Gasteiger partial charge in [0, 0.05) is 6.10 Å². The quantitative estimate of drug-likeness (QED) is 0.167. The van der Waals surface area contributed by atoms with Gasteiger partial charge in [-0.25, -0.2) is 0 Å². The fourth-order valence-corrected chi connectivity index (χ4v) is 14.0. The SMILES string of the molecule is CC(C)CC(O[Si](C)(C)C)C(O[Si](C)(C)C)C(C)C1CCC2C3CC=C4C[C@@H](O[Si](C)(C)C)CCC4(C)C3CCC12C. The van der Waals surface area contributed by atoms with Crippen LogP contribution in [0.5, 0.6) is 0 Å². The van der Waals surface area contributed by atoms with E-state index in [2.05, 4.69) is 99.6 Å². The maximum Gasteiger partial charge on any atom is 0.184 e. The van der Waals surface area contributed by atoms with Crippen LogP contribution in [-0.4, -0.2) is 43.3 Å². The third-order valence-electron chi connectivity index (χ3n) is 11.9. The Kier molecular flexibility index (Phi) is 10.4. The van der Waals surface area contributed by atoms with Gasteiger partial charge in [-0.1, -0.05) is 46.3 Å². The molecule has 3 fully saturated rings. The van der Waals surface area contributed by atoms with Crippen molar-refractivity contribution in [1.29, 1.82) is 0 Å². The number of fused-ring (bicyclic) bond motifs is 5. The molecule has 4 aliphatic rings. The van der Waals surface area contributed by atoms with Crippen LogP contribution in [0.2, 0.25) is 58.9 Å². The Labute approximate surface area is 265 Å². The lowest BCUT2D eigenvalue weighted by molar-refractivity contribution is -0.0791. The molecule has 0 aromatic rings. The van der Waals surface area contributed by atoms with Crippen molar-refractivity contribution in [3.63, 3.8) is 0 Å². The highest BCUT2D eigenvalue weighted by Crippen LogP contribution is 2.67. The molecule has 0 aromatic heterocycles. The number of allylic oxidation sites excluding steroid dienone is 1. The van der Waals surface area contributed by atoms with E-state index in [1.54, 1.807) is 5.57 Å². The molecule has 4 rings (SSSR count). The highest BCUT2D eigenvalue weighted by atomic mass is 28.4. The molecule has 0 aliphatic heterocycles. The van der Waals surface area contributed by atoms with E-state index in [1.165, 1.54) is 51.4 Å². The van der Waals surface area contributed by atoms with Crippen molar-refractivity contribution in [1.82, 2.24) is 0 Å². The second-order valence-electron chi connectivity index (χ2n) is 19.0. The molecular weight excluding hydrogens is 565 g/mol. The van der Waals surface area contributed by atoms with E-state index in [0.29, 0.717) is 28.8 Å². The Morgan fingerprint density at radius 2 is 1.43 bits per heavy atom. The molecule has 42 heavy (non-hydrogen) atoms. The number of rotatable bonds is 11. The third kappa shape index (κ3) is 7.79. The first-order valence-electron chi connectivity index (χ1n) is 17.9. The van der Waals surface area contributed by atoms with E-state index < -0.39 is 25.0 Å². The number of hydrogen-bond donors (Lipinski definition) is 0. The van der Waals surface area contributed by atoms with Crippen LogP contribution in [0, 0.1) is 46.3 Å². The Morgan fingerprint density at radius 3 is 2.00 bits per heavy atom. The predicted molar refractivity (Wildman–Crippen MR) is 188 cm³/mol. The van der Waals surface area contributed by atoms with E-state index in [1.807, 2.05) is 0 Å². The van der Waals surface area contributed by atoms with E-state index in [4.69, 9.17) is 13.3 Å². The largest absolute Gasteiger partial charge is 0.414 e. The van der Waals surface area contributed by atoms with Crippen molar-refractivity contribution in [2.45, 2.75) is 170 Å². The Bertz CT molecular complexity index is 959. The summed E-state index contributed by atoms with van der Waals surface area (Å²) < 4.78 is 20.9. The van der Waals surface area contributed by atoms with Crippen LogP contribution in [-0.2, 0) is 13.3 Å². The summed E-state index contributed by atoms with van der Waals surface area (Å²) in [5.74, 6) is 4.43. The molecule has 0 aromatic carbocycles. The maximum atomic E-state index is 7.20. The van der Waals surface area contributed by atoms with Crippen LogP contribution in [0.4, 0.5) is 0 Å². The zero-order chi connectivity index (χ0) is 31.5. The smallest absolute Gasteiger partial charge is 0.184 e. The van der Waals surface area contributed by atoms with Gasteiger partial charge in [0.1, 0.15) is 0 Å². The second-order valence-corrected chi connectivity index (χ2v) is 32.4. The summed E-state index contributed by atoms with van der Waals surface area (Å²) in [6, 6.07) is 0. The van der Waals surface area contributed by atoms with Gasteiger partial charge in [0.15, 0.2) is 25.0 Å². The van der Waals surface area contributed by atoms with Crippen LogP contribution < -0.4 is 0 Å². The summed E-state index contributed by atoms with van der Waals surface area (Å²) in [6.07, 6.45) is 15.4. The Balaban J connectivity index is 1.57. The summed E-state index contributed by atoms with van der Waals surface area (Å²) in [5, 5.41) is 0. The summed E-state index contributed by atoms with van der Waals surface area (Å²) in [6.45, 7) is 34.0. The average molecular weight is 635 g/mol. The monoisotopic (exact) mass is 634 g/mol. The lowest BCUT2D eigenvalue weighted by Gasteiger charge is -2.59. The Hall–Kier alpha value is 0.271. The molecule has 0 radical (unpaired) electrons. The van der Waals surface area contributed by atoms with Crippen molar-refractivity contribution in [3.05, 3.63) is 11.6 Å². The molecule has 0 spiro atoms. The first-order chi connectivity index (χ1) is 19.1. The zero-order valence-electron chi connectivity index (χ0n) is 30.4. The minimum atomic E-state index is -1.75. The maximum absolute atomic E-state index is 7.20. The predicted octanol–water partition coefficient (Wildman–Crippen LogP) is 10.9. The highest BCUT2D eigenvalue weighted by molar-refractivity contribution is 6.70. The lowest BCUT2D eigenvalue weighted by Crippen LogP contribution is -2.54. The van der Waals surface area contributed by atoms with Gasteiger partial charge in [-0.3, -0.25) is 0 Å². The summed E-state index contributed by atoms with van der Waals surface area (Å²) in [7, 11) is -4.96. The first kappa shape index (κ1) is 35.1. The molecule has 244 valence electrons. The molecule has 0 heterocycles. The Morgan fingerprint density at radius 1 is 0.786 bits per heavy atom.